The third-order valence-electron chi connectivity index (χ3n) is 3.74. The van der Waals surface area contributed by atoms with Crippen LogP contribution in [0.25, 0.3) is 0 Å². The normalized spacial score (nSPS) is 17.7. The van der Waals surface area contributed by atoms with E-state index in [0.717, 1.165) is 25.6 Å². The molecule has 2 heterocycles. The van der Waals surface area contributed by atoms with Crippen molar-refractivity contribution in [3.8, 4) is 0 Å². The van der Waals surface area contributed by atoms with Gasteiger partial charge in [-0.05, 0) is 64.1 Å². The summed E-state index contributed by atoms with van der Waals surface area (Å²) in [5.74, 6) is 0.735. The van der Waals surface area contributed by atoms with Crippen molar-refractivity contribution in [1.29, 1.82) is 0 Å². The maximum atomic E-state index is 11.7. The van der Waals surface area contributed by atoms with Crippen LogP contribution in [0.15, 0.2) is 17.5 Å². The first kappa shape index (κ1) is 16.3. The van der Waals surface area contributed by atoms with E-state index in [1.165, 1.54) is 17.7 Å². The zero-order chi connectivity index (χ0) is 15.3. The van der Waals surface area contributed by atoms with Gasteiger partial charge < -0.3 is 15.5 Å². The summed E-state index contributed by atoms with van der Waals surface area (Å²) >= 11 is 1.87. The Balaban J connectivity index is 1.62. The van der Waals surface area contributed by atoms with Crippen molar-refractivity contribution in [2.75, 3.05) is 26.2 Å². The second-order valence-corrected chi connectivity index (χ2v) is 7.74. The lowest BCUT2D eigenvalue weighted by molar-refractivity contribution is 0.207. The highest BCUT2D eigenvalue weighted by molar-refractivity contribution is 7.10. The molecule has 1 saturated heterocycles. The third-order valence-corrected chi connectivity index (χ3v) is 4.77. The van der Waals surface area contributed by atoms with E-state index in [0.29, 0.717) is 6.54 Å². The molecule has 5 heteroatoms. The Kier molecular flexibility index (Phi) is 5.65. The van der Waals surface area contributed by atoms with Gasteiger partial charge in [0.1, 0.15) is 0 Å². The molecule has 1 aromatic rings. The SMILES string of the molecule is CC(C)(C)NC(=O)NCCN1CCC(c2cccs2)CC1. The molecule has 2 amide bonds. The first-order valence-electron chi connectivity index (χ1n) is 7.76. The number of amides is 2. The number of piperidine rings is 1. The number of nitrogens with one attached hydrogen (secondary N) is 2. The van der Waals surface area contributed by atoms with E-state index in [1.54, 1.807) is 0 Å². The second-order valence-electron chi connectivity index (χ2n) is 6.76. The summed E-state index contributed by atoms with van der Waals surface area (Å²) in [7, 11) is 0. The van der Waals surface area contributed by atoms with Gasteiger partial charge in [0, 0.05) is 23.5 Å². The summed E-state index contributed by atoms with van der Waals surface area (Å²) in [5.41, 5.74) is -0.177. The van der Waals surface area contributed by atoms with Crippen molar-refractivity contribution in [3.63, 3.8) is 0 Å². The first-order chi connectivity index (χ1) is 9.94. The number of carbonyl (C=O) groups excluding carboxylic acids is 1. The summed E-state index contributed by atoms with van der Waals surface area (Å²) in [6, 6.07) is 4.32. The van der Waals surface area contributed by atoms with Gasteiger partial charge in [0.15, 0.2) is 0 Å². The van der Waals surface area contributed by atoms with Gasteiger partial charge in [-0.25, -0.2) is 4.79 Å². The molecule has 2 N–H and O–H groups in total. The largest absolute Gasteiger partial charge is 0.337 e. The third kappa shape index (κ3) is 5.67. The molecule has 0 spiro atoms. The summed E-state index contributed by atoms with van der Waals surface area (Å²) in [6.07, 6.45) is 2.46. The van der Waals surface area contributed by atoms with Crippen LogP contribution in [-0.4, -0.2) is 42.6 Å². The molecule has 118 valence electrons. The fourth-order valence-electron chi connectivity index (χ4n) is 2.68. The molecule has 1 aliphatic heterocycles. The highest BCUT2D eigenvalue weighted by Gasteiger charge is 2.21. The van der Waals surface area contributed by atoms with Gasteiger partial charge >= 0.3 is 6.03 Å². The van der Waals surface area contributed by atoms with Gasteiger partial charge in [0.05, 0.1) is 0 Å². The smallest absolute Gasteiger partial charge is 0.315 e. The van der Waals surface area contributed by atoms with Crippen molar-refractivity contribution in [2.45, 2.75) is 45.1 Å². The molecule has 0 atom stereocenters. The molecule has 0 radical (unpaired) electrons. The standard InChI is InChI=1S/C16H27N3OS/c1-16(2,3)18-15(20)17-8-11-19-9-6-13(7-10-19)14-5-4-12-21-14/h4-5,12-13H,6-11H2,1-3H3,(H2,17,18,20). The van der Waals surface area contributed by atoms with Crippen molar-refractivity contribution >= 4 is 17.4 Å². The lowest BCUT2D eigenvalue weighted by atomic mass is 9.95. The highest BCUT2D eigenvalue weighted by Crippen LogP contribution is 2.30. The fourth-order valence-corrected chi connectivity index (χ4v) is 3.58. The number of rotatable bonds is 4. The van der Waals surface area contributed by atoms with Crippen molar-refractivity contribution < 1.29 is 4.79 Å². The van der Waals surface area contributed by atoms with Gasteiger partial charge in [-0.2, -0.15) is 0 Å². The molecule has 0 aromatic carbocycles. The predicted molar refractivity (Wildman–Crippen MR) is 89.0 cm³/mol. The minimum atomic E-state index is -0.177. The summed E-state index contributed by atoms with van der Waals surface area (Å²) in [5, 5.41) is 8.02. The minimum absolute atomic E-state index is 0.0732. The molecule has 0 aliphatic carbocycles. The van der Waals surface area contributed by atoms with E-state index >= 15 is 0 Å². The van der Waals surface area contributed by atoms with Gasteiger partial charge in [-0.1, -0.05) is 6.07 Å². The molecule has 2 rings (SSSR count). The number of nitrogens with zero attached hydrogens (tertiary/aromatic N) is 1. The Morgan fingerprint density at radius 2 is 2.10 bits per heavy atom. The van der Waals surface area contributed by atoms with Crippen LogP contribution < -0.4 is 10.6 Å². The van der Waals surface area contributed by atoms with E-state index in [1.807, 2.05) is 32.1 Å². The van der Waals surface area contributed by atoms with E-state index < -0.39 is 0 Å². The lowest BCUT2D eigenvalue weighted by Gasteiger charge is -2.31. The number of hydrogen-bond donors (Lipinski definition) is 2. The predicted octanol–water partition coefficient (Wildman–Crippen LogP) is 3.03. The molecular formula is C16H27N3OS. The van der Waals surface area contributed by atoms with Gasteiger partial charge in [-0.3, -0.25) is 0 Å². The van der Waals surface area contributed by atoms with Crippen LogP contribution in [0, 0.1) is 0 Å². The molecule has 0 bridgehead atoms. The average Bonchev–Trinajstić information content (AvgIpc) is 2.91. The molecular weight excluding hydrogens is 282 g/mol. The topological polar surface area (TPSA) is 44.4 Å². The van der Waals surface area contributed by atoms with Gasteiger partial charge in [0.2, 0.25) is 0 Å². The Morgan fingerprint density at radius 1 is 1.38 bits per heavy atom. The Labute approximate surface area is 131 Å². The number of urea groups is 1. The molecule has 1 aromatic heterocycles. The van der Waals surface area contributed by atoms with Crippen LogP contribution in [0.4, 0.5) is 4.79 Å². The number of hydrogen-bond acceptors (Lipinski definition) is 3. The van der Waals surface area contributed by atoms with Crippen molar-refractivity contribution in [1.82, 2.24) is 15.5 Å². The van der Waals surface area contributed by atoms with E-state index in [4.69, 9.17) is 0 Å². The fraction of sp³-hybridized carbons (Fsp3) is 0.688. The second kappa shape index (κ2) is 7.27. The summed E-state index contributed by atoms with van der Waals surface area (Å²) < 4.78 is 0. The number of likely N-dealkylation sites (tertiary alicyclic amines) is 1. The van der Waals surface area contributed by atoms with Crippen LogP contribution in [-0.2, 0) is 0 Å². The quantitative estimate of drug-likeness (QED) is 0.898. The zero-order valence-electron chi connectivity index (χ0n) is 13.3. The van der Waals surface area contributed by atoms with Crippen LogP contribution in [0.3, 0.4) is 0 Å². The Hall–Kier alpha value is -1.07. The van der Waals surface area contributed by atoms with Gasteiger partial charge in [0.25, 0.3) is 0 Å². The molecule has 1 fully saturated rings. The highest BCUT2D eigenvalue weighted by atomic mass is 32.1. The van der Waals surface area contributed by atoms with E-state index in [2.05, 4.69) is 33.0 Å². The first-order valence-corrected chi connectivity index (χ1v) is 8.64. The maximum absolute atomic E-state index is 11.7. The molecule has 0 unspecified atom stereocenters. The maximum Gasteiger partial charge on any atom is 0.315 e. The van der Waals surface area contributed by atoms with E-state index in [9.17, 15) is 4.79 Å². The van der Waals surface area contributed by atoms with Crippen LogP contribution in [0.2, 0.25) is 0 Å². The Morgan fingerprint density at radius 3 is 2.67 bits per heavy atom. The summed E-state index contributed by atoms with van der Waals surface area (Å²) in [4.78, 5) is 15.6. The minimum Gasteiger partial charge on any atom is -0.337 e. The van der Waals surface area contributed by atoms with Gasteiger partial charge in [-0.15, -0.1) is 11.3 Å². The molecule has 21 heavy (non-hydrogen) atoms. The zero-order valence-corrected chi connectivity index (χ0v) is 14.1. The summed E-state index contributed by atoms with van der Waals surface area (Å²) in [6.45, 7) is 9.88. The lowest BCUT2D eigenvalue weighted by Crippen LogP contribution is -2.48. The van der Waals surface area contributed by atoms with Crippen molar-refractivity contribution in [2.24, 2.45) is 0 Å². The van der Waals surface area contributed by atoms with E-state index in [-0.39, 0.29) is 11.6 Å². The average molecular weight is 309 g/mol. The molecule has 1 aliphatic rings. The number of carbonyl (C=O) groups is 1. The number of thiophene rings is 1. The monoisotopic (exact) mass is 309 g/mol. The molecule has 4 nitrogen and oxygen atoms in total. The van der Waals surface area contributed by atoms with Crippen LogP contribution in [0.5, 0.6) is 0 Å². The Bertz CT molecular complexity index is 431. The van der Waals surface area contributed by atoms with Crippen molar-refractivity contribution in [3.05, 3.63) is 22.4 Å². The van der Waals surface area contributed by atoms with Crippen LogP contribution in [0.1, 0.15) is 44.4 Å². The van der Waals surface area contributed by atoms with Crippen LogP contribution >= 0.6 is 11.3 Å². The molecule has 0 saturated carbocycles.